The molecule has 5 nitrogen and oxygen atoms in total. The number of likely N-dealkylation sites (tertiary alicyclic amines) is 1. The molecule has 0 aromatic carbocycles. The second-order valence-electron chi connectivity index (χ2n) is 6.02. The summed E-state index contributed by atoms with van der Waals surface area (Å²) >= 11 is 1.59. The van der Waals surface area contributed by atoms with Crippen LogP contribution in [0, 0.1) is 0 Å². The summed E-state index contributed by atoms with van der Waals surface area (Å²) in [5.41, 5.74) is 1.07. The molecular weight excluding hydrogens is 312 g/mol. The summed E-state index contributed by atoms with van der Waals surface area (Å²) in [6.07, 6.45) is 4.15. The molecule has 0 bridgehead atoms. The summed E-state index contributed by atoms with van der Waals surface area (Å²) in [5, 5.41) is 13.6. The van der Waals surface area contributed by atoms with Crippen molar-refractivity contribution in [3.63, 3.8) is 0 Å². The van der Waals surface area contributed by atoms with Gasteiger partial charge in [-0.05, 0) is 41.7 Å². The Morgan fingerprint density at radius 1 is 1.43 bits per heavy atom. The van der Waals surface area contributed by atoms with Gasteiger partial charge in [-0.1, -0.05) is 13.3 Å². The summed E-state index contributed by atoms with van der Waals surface area (Å²) in [5.74, 6) is -0.00395. The smallest absolute Gasteiger partial charge is 0.242 e. The molecule has 1 fully saturated rings. The molecule has 1 atom stereocenters. The minimum Gasteiger partial charge on any atom is -0.394 e. The highest BCUT2D eigenvalue weighted by atomic mass is 32.1. The highest BCUT2D eigenvalue weighted by molar-refractivity contribution is 7.07. The molecule has 0 saturated carbocycles. The van der Waals surface area contributed by atoms with Gasteiger partial charge in [0.05, 0.1) is 19.2 Å². The number of carbonyl (C=O) groups is 2. The second-order valence-corrected chi connectivity index (χ2v) is 6.80. The molecule has 1 aromatic rings. The summed E-state index contributed by atoms with van der Waals surface area (Å²) < 4.78 is 0. The third kappa shape index (κ3) is 5.04. The van der Waals surface area contributed by atoms with E-state index >= 15 is 0 Å². The minimum atomic E-state index is -0.204. The van der Waals surface area contributed by atoms with Crippen molar-refractivity contribution < 1.29 is 14.7 Å². The third-order valence-corrected chi connectivity index (χ3v) is 5.11. The molecular formula is C17H26N2O3S. The topological polar surface area (TPSA) is 60.9 Å². The molecule has 1 N–H and O–H groups in total. The number of hydrogen-bond donors (Lipinski definition) is 1. The van der Waals surface area contributed by atoms with Gasteiger partial charge in [-0.2, -0.15) is 11.3 Å². The Hall–Kier alpha value is -1.40. The first-order valence-electron chi connectivity index (χ1n) is 8.34. The maximum absolute atomic E-state index is 12.8. The van der Waals surface area contributed by atoms with Crippen LogP contribution >= 0.6 is 11.3 Å². The summed E-state index contributed by atoms with van der Waals surface area (Å²) in [6.45, 7) is 3.18. The molecule has 1 aromatic heterocycles. The standard InChI is InChI=1S/C17H26N2O3S/c1-2-15(12-20)19(10-14-7-9-23-13-14)17(22)11-18-8-5-3-4-6-16(18)21/h7,9,13,15,20H,2-6,8,10-12H2,1H3/t15-/m0/s1. The van der Waals surface area contributed by atoms with Crippen molar-refractivity contribution in [1.29, 1.82) is 0 Å². The number of nitrogens with zero attached hydrogens (tertiary/aromatic N) is 2. The van der Waals surface area contributed by atoms with Crippen LogP contribution in [0.3, 0.4) is 0 Å². The van der Waals surface area contributed by atoms with Gasteiger partial charge in [0.2, 0.25) is 11.8 Å². The van der Waals surface area contributed by atoms with Crippen LogP contribution in [-0.2, 0) is 16.1 Å². The molecule has 6 heteroatoms. The lowest BCUT2D eigenvalue weighted by Crippen LogP contribution is -2.47. The van der Waals surface area contributed by atoms with Gasteiger partial charge in [0.15, 0.2) is 0 Å². The van der Waals surface area contributed by atoms with Gasteiger partial charge in [0, 0.05) is 19.5 Å². The predicted octanol–water partition coefficient (Wildman–Crippen LogP) is 2.25. The molecule has 2 amide bonds. The monoisotopic (exact) mass is 338 g/mol. The van der Waals surface area contributed by atoms with E-state index in [4.69, 9.17) is 0 Å². The van der Waals surface area contributed by atoms with Gasteiger partial charge < -0.3 is 14.9 Å². The molecule has 1 aliphatic heterocycles. The van der Waals surface area contributed by atoms with Crippen LogP contribution in [0.1, 0.15) is 44.6 Å². The van der Waals surface area contributed by atoms with Gasteiger partial charge in [0.1, 0.15) is 0 Å². The summed E-state index contributed by atoms with van der Waals surface area (Å²) in [7, 11) is 0. The normalized spacial score (nSPS) is 17.0. The average Bonchev–Trinajstić information content (AvgIpc) is 2.98. The van der Waals surface area contributed by atoms with Crippen molar-refractivity contribution in [2.45, 2.75) is 51.6 Å². The quantitative estimate of drug-likeness (QED) is 0.829. The largest absolute Gasteiger partial charge is 0.394 e. The molecule has 0 unspecified atom stereocenters. The van der Waals surface area contributed by atoms with E-state index in [2.05, 4.69) is 0 Å². The van der Waals surface area contributed by atoms with Crippen molar-refractivity contribution >= 4 is 23.2 Å². The van der Waals surface area contributed by atoms with Crippen LogP contribution in [0.5, 0.6) is 0 Å². The van der Waals surface area contributed by atoms with Crippen LogP contribution in [0.25, 0.3) is 0 Å². The highest BCUT2D eigenvalue weighted by Gasteiger charge is 2.26. The fourth-order valence-corrected chi connectivity index (χ4v) is 3.57. The van der Waals surface area contributed by atoms with Crippen LogP contribution in [-0.4, -0.2) is 52.5 Å². The van der Waals surface area contributed by atoms with E-state index < -0.39 is 0 Å². The van der Waals surface area contributed by atoms with Crippen LogP contribution in [0.2, 0.25) is 0 Å². The van der Waals surface area contributed by atoms with Gasteiger partial charge in [-0.3, -0.25) is 9.59 Å². The van der Waals surface area contributed by atoms with Crippen molar-refractivity contribution in [3.05, 3.63) is 22.4 Å². The zero-order valence-corrected chi connectivity index (χ0v) is 14.6. The maximum atomic E-state index is 12.8. The number of hydrogen-bond acceptors (Lipinski definition) is 4. The van der Waals surface area contributed by atoms with Crippen LogP contribution in [0.15, 0.2) is 16.8 Å². The Bertz CT molecular complexity index is 500. The van der Waals surface area contributed by atoms with E-state index in [0.717, 1.165) is 24.8 Å². The Balaban J connectivity index is 2.06. The molecule has 128 valence electrons. The lowest BCUT2D eigenvalue weighted by atomic mass is 10.1. The second kappa shape index (κ2) is 9.03. The van der Waals surface area contributed by atoms with Crippen LogP contribution < -0.4 is 0 Å². The molecule has 0 spiro atoms. The van der Waals surface area contributed by atoms with Crippen molar-refractivity contribution in [1.82, 2.24) is 9.80 Å². The number of aliphatic hydroxyl groups is 1. The first-order chi connectivity index (χ1) is 11.2. The summed E-state index contributed by atoms with van der Waals surface area (Å²) in [4.78, 5) is 28.3. The Labute approximate surface area is 141 Å². The average molecular weight is 338 g/mol. The van der Waals surface area contributed by atoms with Gasteiger partial charge in [0.25, 0.3) is 0 Å². The lowest BCUT2D eigenvalue weighted by molar-refractivity contribution is -0.142. The minimum absolute atomic E-state index is 0.0552. The van der Waals surface area contributed by atoms with Gasteiger partial charge in [-0.25, -0.2) is 0 Å². The third-order valence-electron chi connectivity index (χ3n) is 4.37. The number of carbonyl (C=O) groups excluding carboxylic acids is 2. The van der Waals surface area contributed by atoms with E-state index in [1.165, 1.54) is 0 Å². The van der Waals surface area contributed by atoms with E-state index in [-0.39, 0.29) is 31.0 Å². The van der Waals surface area contributed by atoms with E-state index in [9.17, 15) is 14.7 Å². The first-order valence-corrected chi connectivity index (χ1v) is 9.29. The Kier molecular flexibility index (Phi) is 7.05. The zero-order chi connectivity index (χ0) is 16.7. The molecule has 23 heavy (non-hydrogen) atoms. The van der Waals surface area contributed by atoms with E-state index in [1.54, 1.807) is 21.1 Å². The first kappa shape index (κ1) is 17.9. The molecule has 1 aliphatic rings. The Morgan fingerprint density at radius 3 is 2.91 bits per heavy atom. The summed E-state index contributed by atoms with van der Waals surface area (Å²) in [6, 6.07) is 1.79. The number of thiophene rings is 1. The highest BCUT2D eigenvalue weighted by Crippen LogP contribution is 2.16. The van der Waals surface area contributed by atoms with Crippen molar-refractivity contribution in [2.24, 2.45) is 0 Å². The molecule has 1 saturated heterocycles. The van der Waals surface area contributed by atoms with Gasteiger partial charge in [-0.15, -0.1) is 0 Å². The Morgan fingerprint density at radius 2 is 2.26 bits per heavy atom. The maximum Gasteiger partial charge on any atom is 0.242 e. The number of aliphatic hydroxyl groups excluding tert-OH is 1. The zero-order valence-electron chi connectivity index (χ0n) is 13.7. The molecule has 0 radical (unpaired) electrons. The molecule has 2 heterocycles. The predicted molar refractivity (Wildman–Crippen MR) is 91.1 cm³/mol. The molecule has 0 aliphatic carbocycles. The van der Waals surface area contributed by atoms with Crippen molar-refractivity contribution in [3.8, 4) is 0 Å². The van der Waals surface area contributed by atoms with Crippen LogP contribution in [0.4, 0.5) is 0 Å². The molecule has 2 rings (SSSR count). The fourth-order valence-electron chi connectivity index (χ4n) is 2.91. The van der Waals surface area contributed by atoms with Crippen molar-refractivity contribution in [2.75, 3.05) is 19.7 Å². The number of amides is 2. The number of rotatable bonds is 7. The SMILES string of the molecule is CC[C@@H](CO)N(Cc1ccsc1)C(=O)CN1CCCCCC1=O. The van der Waals surface area contributed by atoms with E-state index in [1.807, 2.05) is 23.8 Å². The van der Waals surface area contributed by atoms with E-state index in [0.29, 0.717) is 25.9 Å². The fraction of sp³-hybridized carbons (Fsp3) is 0.647. The van der Waals surface area contributed by atoms with Gasteiger partial charge >= 0.3 is 0 Å². The lowest BCUT2D eigenvalue weighted by Gasteiger charge is -2.32.